The molecule has 1 aromatic heterocycles. The molecule has 82 valence electrons. The van der Waals surface area contributed by atoms with Crippen LogP contribution < -0.4 is 4.68 Å². The molecule has 0 saturated carbocycles. The van der Waals surface area contributed by atoms with Gasteiger partial charge in [0, 0.05) is 5.21 Å². The van der Waals surface area contributed by atoms with Gasteiger partial charge in [-0.15, -0.1) is 12.1 Å². The first-order valence-electron chi connectivity index (χ1n) is 5.32. The second-order valence-electron chi connectivity index (χ2n) is 3.56. The Morgan fingerprint density at radius 3 is 2.24 bits per heavy atom. The van der Waals surface area contributed by atoms with E-state index in [1.54, 1.807) is 9.48 Å². The number of aromatic nitrogens is 4. The standard InChI is InChI=1S/C13H10N4/c1-3-7-12(8-4-1)16-11-14-17(15-16)13-9-5-2-6-10-13/h1-10H. The summed E-state index contributed by atoms with van der Waals surface area (Å²) < 4.78 is 1.62. The minimum atomic E-state index is 0.915. The van der Waals surface area contributed by atoms with Gasteiger partial charge in [-0.25, -0.2) is 0 Å². The molecular weight excluding hydrogens is 212 g/mol. The van der Waals surface area contributed by atoms with Crippen molar-refractivity contribution in [2.24, 2.45) is 0 Å². The van der Waals surface area contributed by atoms with Crippen molar-refractivity contribution in [2.75, 3.05) is 0 Å². The first kappa shape index (κ1) is 9.72. The SMILES string of the molecule is [c-]1nn(-c2ccccc2)n[n+]1-c1ccccc1. The highest BCUT2D eigenvalue weighted by molar-refractivity contribution is 5.27. The van der Waals surface area contributed by atoms with E-state index >= 15 is 0 Å². The predicted octanol–water partition coefficient (Wildman–Crippen LogP) is 1.34. The predicted molar refractivity (Wildman–Crippen MR) is 61.7 cm³/mol. The van der Waals surface area contributed by atoms with Gasteiger partial charge in [0.15, 0.2) is 12.0 Å². The maximum absolute atomic E-state index is 4.32. The van der Waals surface area contributed by atoms with Crippen molar-refractivity contribution >= 4 is 0 Å². The van der Waals surface area contributed by atoms with E-state index < -0.39 is 0 Å². The van der Waals surface area contributed by atoms with Crippen molar-refractivity contribution in [3.05, 3.63) is 67.0 Å². The second-order valence-corrected chi connectivity index (χ2v) is 3.56. The topological polar surface area (TPSA) is 34.6 Å². The van der Waals surface area contributed by atoms with E-state index in [0.717, 1.165) is 11.4 Å². The molecule has 0 spiro atoms. The Bertz CT molecular complexity index is 548. The molecule has 1 heterocycles. The van der Waals surface area contributed by atoms with Gasteiger partial charge in [0.25, 0.3) is 0 Å². The summed E-state index contributed by atoms with van der Waals surface area (Å²) >= 11 is 0. The summed E-state index contributed by atoms with van der Waals surface area (Å²) in [4.78, 5) is 1.55. The van der Waals surface area contributed by atoms with Crippen LogP contribution in [0, 0.1) is 6.33 Å². The van der Waals surface area contributed by atoms with E-state index in [-0.39, 0.29) is 0 Å². The van der Waals surface area contributed by atoms with Crippen LogP contribution in [0.3, 0.4) is 0 Å². The van der Waals surface area contributed by atoms with Gasteiger partial charge in [-0.2, -0.15) is 0 Å². The van der Waals surface area contributed by atoms with E-state index in [9.17, 15) is 0 Å². The highest BCUT2D eigenvalue weighted by Crippen LogP contribution is 2.01. The van der Waals surface area contributed by atoms with Crippen molar-refractivity contribution in [1.29, 1.82) is 0 Å². The Kier molecular flexibility index (Phi) is 2.38. The Morgan fingerprint density at radius 2 is 1.53 bits per heavy atom. The molecule has 0 fully saturated rings. The van der Waals surface area contributed by atoms with Crippen LogP contribution in [-0.4, -0.2) is 15.1 Å². The molecular formula is C13H10N4. The van der Waals surface area contributed by atoms with Crippen LogP contribution in [0.1, 0.15) is 0 Å². The number of tetrazole rings is 1. The molecule has 0 N–H and O–H groups in total. The molecule has 0 atom stereocenters. The van der Waals surface area contributed by atoms with Gasteiger partial charge < -0.3 is 0 Å². The number of rotatable bonds is 2. The van der Waals surface area contributed by atoms with Gasteiger partial charge in [0.05, 0.1) is 0 Å². The number of para-hydroxylation sites is 2. The van der Waals surface area contributed by atoms with Crippen LogP contribution in [0.5, 0.6) is 0 Å². The lowest BCUT2D eigenvalue weighted by atomic mass is 10.3. The summed E-state index contributed by atoms with van der Waals surface area (Å²) in [6.45, 7) is 0. The molecule has 4 nitrogen and oxygen atoms in total. The fourth-order valence-corrected chi connectivity index (χ4v) is 1.56. The van der Waals surface area contributed by atoms with Crippen molar-refractivity contribution in [1.82, 2.24) is 15.1 Å². The molecule has 0 aliphatic carbocycles. The van der Waals surface area contributed by atoms with E-state index in [2.05, 4.69) is 16.6 Å². The van der Waals surface area contributed by atoms with Crippen molar-refractivity contribution in [2.45, 2.75) is 0 Å². The van der Waals surface area contributed by atoms with Crippen LogP contribution in [-0.2, 0) is 0 Å². The molecule has 3 rings (SSSR count). The maximum atomic E-state index is 4.32. The molecule has 0 saturated heterocycles. The zero-order chi connectivity index (χ0) is 11.5. The van der Waals surface area contributed by atoms with Crippen LogP contribution in [0.15, 0.2) is 60.7 Å². The quantitative estimate of drug-likeness (QED) is 0.484. The molecule has 0 unspecified atom stereocenters. The third-order valence-corrected chi connectivity index (χ3v) is 2.40. The van der Waals surface area contributed by atoms with Crippen LogP contribution in [0.25, 0.3) is 11.4 Å². The van der Waals surface area contributed by atoms with Crippen LogP contribution in [0.4, 0.5) is 0 Å². The molecule has 0 aliphatic heterocycles. The molecule has 0 amide bonds. The zero-order valence-corrected chi connectivity index (χ0v) is 9.06. The van der Waals surface area contributed by atoms with E-state index in [0.29, 0.717) is 0 Å². The first-order chi connectivity index (χ1) is 8.43. The molecule has 0 aliphatic rings. The van der Waals surface area contributed by atoms with Crippen LogP contribution in [0.2, 0.25) is 0 Å². The monoisotopic (exact) mass is 222 g/mol. The Labute approximate surface area is 98.7 Å². The zero-order valence-electron chi connectivity index (χ0n) is 9.06. The summed E-state index contributed by atoms with van der Waals surface area (Å²) in [7, 11) is 0. The molecule has 2 aromatic carbocycles. The third-order valence-electron chi connectivity index (χ3n) is 2.40. The van der Waals surface area contributed by atoms with Gasteiger partial charge >= 0.3 is 0 Å². The summed E-state index contributed by atoms with van der Waals surface area (Å²) in [6, 6.07) is 19.5. The Morgan fingerprint density at radius 1 is 0.882 bits per heavy atom. The van der Waals surface area contributed by atoms with Gasteiger partial charge in [0.1, 0.15) is 0 Å². The summed E-state index contributed by atoms with van der Waals surface area (Å²) in [5.41, 5.74) is 1.85. The minimum absolute atomic E-state index is 0.915. The average molecular weight is 222 g/mol. The number of nitrogens with zero attached hydrogens (tertiary/aromatic N) is 4. The Balaban J connectivity index is 1.99. The highest BCUT2D eigenvalue weighted by atomic mass is 15.6. The summed E-state index contributed by atoms with van der Waals surface area (Å²) in [5, 5.41) is 8.42. The lowest BCUT2D eigenvalue weighted by Crippen LogP contribution is -2.33. The van der Waals surface area contributed by atoms with Gasteiger partial charge in [-0.1, -0.05) is 36.4 Å². The first-order valence-corrected chi connectivity index (χ1v) is 5.32. The highest BCUT2D eigenvalue weighted by Gasteiger charge is 2.04. The minimum Gasteiger partial charge on any atom is -0.265 e. The van der Waals surface area contributed by atoms with Crippen molar-refractivity contribution in [3.8, 4) is 11.4 Å². The molecule has 0 bridgehead atoms. The second kappa shape index (κ2) is 4.17. The molecule has 0 radical (unpaired) electrons. The fraction of sp³-hybridized carbons (Fsp3) is 0. The van der Waals surface area contributed by atoms with Crippen molar-refractivity contribution in [3.63, 3.8) is 0 Å². The smallest absolute Gasteiger partial charge is 0.175 e. The Hall–Kier alpha value is -2.49. The van der Waals surface area contributed by atoms with Gasteiger partial charge in [0.2, 0.25) is 0 Å². The summed E-state index contributed by atoms with van der Waals surface area (Å²) in [6.07, 6.45) is 2.84. The average Bonchev–Trinajstić information content (AvgIpc) is 2.90. The van der Waals surface area contributed by atoms with Gasteiger partial charge in [-0.05, 0) is 27.7 Å². The summed E-state index contributed by atoms with van der Waals surface area (Å²) in [5.74, 6) is 0. The van der Waals surface area contributed by atoms with E-state index in [1.165, 1.54) is 0 Å². The maximum Gasteiger partial charge on any atom is 0.175 e. The fourth-order valence-electron chi connectivity index (χ4n) is 1.56. The third kappa shape index (κ3) is 1.92. The van der Waals surface area contributed by atoms with E-state index in [4.69, 9.17) is 0 Å². The normalized spacial score (nSPS) is 10.4. The molecule has 17 heavy (non-hydrogen) atoms. The lowest BCUT2D eigenvalue weighted by Gasteiger charge is -2.01. The van der Waals surface area contributed by atoms with E-state index in [1.807, 2.05) is 60.7 Å². The largest absolute Gasteiger partial charge is 0.265 e. The molecule has 3 aromatic rings. The number of hydrogen-bond acceptors (Lipinski definition) is 2. The van der Waals surface area contributed by atoms with Crippen LogP contribution >= 0.6 is 0 Å². The number of hydrogen-bond donors (Lipinski definition) is 0. The number of benzene rings is 2. The van der Waals surface area contributed by atoms with Crippen molar-refractivity contribution < 1.29 is 4.68 Å². The van der Waals surface area contributed by atoms with Gasteiger partial charge in [-0.3, -0.25) is 4.68 Å². The lowest BCUT2D eigenvalue weighted by molar-refractivity contribution is -0.665. The molecule has 4 heteroatoms.